The van der Waals surface area contributed by atoms with Gasteiger partial charge in [0.25, 0.3) is 10.0 Å². The van der Waals surface area contributed by atoms with E-state index in [1.54, 1.807) is 54.6 Å². The molecule has 186 valence electrons. The van der Waals surface area contributed by atoms with E-state index in [-0.39, 0.29) is 18.0 Å². The number of hydrogen-bond donors (Lipinski definition) is 1. The summed E-state index contributed by atoms with van der Waals surface area (Å²) in [6.45, 7) is 4.58. The Bertz CT molecular complexity index is 1210. The Kier molecular flexibility index (Phi) is 8.97. The third kappa shape index (κ3) is 6.66. The molecule has 0 spiro atoms. The van der Waals surface area contributed by atoms with Crippen molar-refractivity contribution in [3.63, 3.8) is 0 Å². The van der Waals surface area contributed by atoms with Gasteiger partial charge in [-0.3, -0.25) is 9.10 Å². The van der Waals surface area contributed by atoms with Gasteiger partial charge in [0.1, 0.15) is 12.3 Å². The minimum Gasteiger partial charge on any atom is -0.497 e. The van der Waals surface area contributed by atoms with E-state index in [1.165, 1.54) is 19.2 Å². The number of methoxy groups -OCH3 is 1. The van der Waals surface area contributed by atoms with E-state index >= 15 is 0 Å². The van der Waals surface area contributed by atoms with Crippen molar-refractivity contribution in [2.24, 2.45) is 0 Å². The third-order valence-electron chi connectivity index (χ3n) is 5.08. The zero-order chi connectivity index (χ0) is 25.3. The lowest BCUT2D eigenvalue weighted by molar-refractivity contribution is -0.119. The van der Waals surface area contributed by atoms with E-state index in [0.717, 1.165) is 9.87 Å². The van der Waals surface area contributed by atoms with Gasteiger partial charge in [0, 0.05) is 6.54 Å². The van der Waals surface area contributed by atoms with Crippen LogP contribution in [0.25, 0.3) is 0 Å². The summed E-state index contributed by atoms with van der Waals surface area (Å²) in [6.07, 6.45) is 0. The van der Waals surface area contributed by atoms with E-state index in [4.69, 9.17) is 14.2 Å². The Morgan fingerprint density at radius 3 is 2.17 bits per heavy atom. The number of benzene rings is 3. The van der Waals surface area contributed by atoms with Gasteiger partial charge in [-0.15, -0.1) is 0 Å². The molecule has 1 N–H and O–H groups in total. The number of carbonyl (C=O) groups is 1. The second kappa shape index (κ2) is 12.1. The molecule has 0 saturated heterocycles. The molecule has 0 aliphatic rings. The van der Waals surface area contributed by atoms with Crippen molar-refractivity contribution >= 4 is 21.6 Å². The first-order chi connectivity index (χ1) is 16.9. The highest BCUT2D eigenvalue weighted by Gasteiger charge is 2.27. The van der Waals surface area contributed by atoms with Crippen LogP contribution in [0.4, 0.5) is 5.69 Å². The Balaban J connectivity index is 1.78. The summed E-state index contributed by atoms with van der Waals surface area (Å²) >= 11 is 0. The van der Waals surface area contributed by atoms with Gasteiger partial charge in [0.15, 0.2) is 11.5 Å². The van der Waals surface area contributed by atoms with E-state index in [0.29, 0.717) is 36.1 Å². The number of hydrogen-bond acceptors (Lipinski definition) is 6. The molecule has 0 radical (unpaired) electrons. The van der Waals surface area contributed by atoms with Gasteiger partial charge in [-0.25, -0.2) is 8.42 Å². The fourth-order valence-electron chi connectivity index (χ4n) is 3.38. The molecule has 8 nitrogen and oxygen atoms in total. The van der Waals surface area contributed by atoms with E-state index < -0.39 is 15.9 Å². The average Bonchev–Trinajstić information content (AvgIpc) is 2.88. The smallest absolute Gasteiger partial charge is 0.264 e. The van der Waals surface area contributed by atoms with Gasteiger partial charge >= 0.3 is 0 Å². The number of ether oxygens (including phenoxy) is 3. The van der Waals surface area contributed by atoms with E-state index in [9.17, 15) is 13.2 Å². The highest BCUT2D eigenvalue weighted by Crippen LogP contribution is 2.29. The van der Waals surface area contributed by atoms with Crippen LogP contribution in [-0.2, 0) is 21.4 Å². The average molecular weight is 499 g/mol. The van der Waals surface area contributed by atoms with Crippen molar-refractivity contribution in [3.8, 4) is 17.2 Å². The van der Waals surface area contributed by atoms with E-state index in [1.807, 2.05) is 19.9 Å². The van der Waals surface area contributed by atoms with Crippen LogP contribution in [-0.4, -0.2) is 41.2 Å². The quantitative estimate of drug-likeness (QED) is 0.406. The van der Waals surface area contributed by atoms with Crippen LogP contribution < -0.4 is 23.8 Å². The summed E-state index contributed by atoms with van der Waals surface area (Å²) in [6, 6.07) is 20.0. The molecule has 3 aromatic rings. The molecular weight excluding hydrogens is 468 g/mol. The fraction of sp³-hybridized carbons (Fsp3) is 0.269. The number of carbonyl (C=O) groups excluding carboxylic acids is 1. The van der Waals surface area contributed by atoms with Crippen molar-refractivity contribution < 1.29 is 27.4 Å². The lowest BCUT2D eigenvalue weighted by Crippen LogP contribution is -2.40. The van der Waals surface area contributed by atoms with E-state index in [2.05, 4.69) is 5.32 Å². The van der Waals surface area contributed by atoms with Gasteiger partial charge in [0.2, 0.25) is 5.91 Å². The zero-order valence-corrected chi connectivity index (χ0v) is 20.9. The predicted octanol–water partition coefficient (Wildman–Crippen LogP) is 4.00. The van der Waals surface area contributed by atoms with Crippen molar-refractivity contribution in [3.05, 3.63) is 78.4 Å². The van der Waals surface area contributed by atoms with Gasteiger partial charge in [-0.05, 0) is 67.9 Å². The minimum atomic E-state index is -4.00. The van der Waals surface area contributed by atoms with Crippen molar-refractivity contribution in [1.82, 2.24) is 5.32 Å². The van der Waals surface area contributed by atoms with Crippen LogP contribution >= 0.6 is 0 Å². The maximum absolute atomic E-state index is 13.4. The summed E-state index contributed by atoms with van der Waals surface area (Å²) in [5.74, 6) is 1.31. The van der Waals surface area contributed by atoms with Gasteiger partial charge in [0.05, 0.1) is 30.9 Å². The predicted molar refractivity (Wildman–Crippen MR) is 135 cm³/mol. The molecule has 9 heteroatoms. The lowest BCUT2D eigenvalue weighted by Gasteiger charge is -2.24. The molecule has 0 aromatic heterocycles. The van der Waals surface area contributed by atoms with Crippen LogP contribution in [0.3, 0.4) is 0 Å². The summed E-state index contributed by atoms with van der Waals surface area (Å²) in [4.78, 5) is 12.9. The van der Waals surface area contributed by atoms with Crippen molar-refractivity contribution in [1.29, 1.82) is 0 Å². The van der Waals surface area contributed by atoms with Gasteiger partial charge < -0.3 is 19.5 Å². The number of sulfonamides is 1. The molecule has 0 unspecified atom stereocenters. The Hall–Kier alpha value is -3.72. The molecule has 1 amide bonds. The normalized spacial score (nSPS) is 10.9. The third-order valence-corrected chi connectivity index (χ3v) is 6.86. The maximum Gasteiger partial charge on any atom is 0.264 e. The first kappa shape index (κ1) is 25.9. The zero-order valence-electron chi connectivity index (χ0n) is 20.1. The standard InChI is InChI=1S/C26H30N2O6S/c1-4-33-24-16-11-20(17-25(24)34-5-2)18-27-26(29)19-28(21-9-7-6-8-10-21)35(30,31)23-14-12-22(32-3)13-15-23/h6-17H,4-5,18-19H2,1-3H3,(H,27,29). The molecule has 3 aromatic carbocycles. The molecule has 0 atom stereocenters. The second-order valence-corrected chi connectivity index (χ2v) is 9.31. The SMILES string of the molecule is CCOc1ccc(CNC(=O)CN(c2ccccc2)S(=O)(=O)c2ccc(OC)cc2)cc1OCC. The van der Waals surface area contributed by atoms with Gasteiger partial charge in [-0.1, -0.05) is 24.3 Å². The molecule has 3 rings (SSSR count). The fourth-order valence-corrected chi connectivity index (χ4v) is 4.80. The second-order valence-electron chi connectivity index (χ2n) is 7.45. The van der Waals surface area contributed by atoms with Crippen LogP contribution in [0, 0.1) is 0 Å². The monoisotopic (exact) mass is 498 g/mol. The number of nitrogens with zero attached hydrogens (tertiary/aromatic N) is 1. The Morgan fingerprint density at radius 1 is 0.886 bits per heavy atom. The Morgan fingerprint density at radius 2 is 1.54 bits per heavy atom. The molecule has 0 aliphatic heterocycles. The minimum absolute atomic E-state index is 0.0582. The first-order valence-electron chi connectivity index (χ1n) is 11.3. The van der Waals surface area contributed by atoms with Crippen LogP contribution in [0.1, 0.15) is 19.4 Å². The number of nitrogens with one attached hydrogen (secondary N) is 1. The first-order valence-corrected chi connectivity index (χ1v) is 12.7. The van der Waals surface area contributed by atoms with Crippen LogP contribution in [0.2, 0.25) is 0 Å². The molecule has 0 saturated carbocycles. The molecular formula is C26H30N2O6S. The molecule has 0 heterocycles. The van der Waals surface area contributed by atoms with Crippen molar-refractivity contribution in [2.75, 3.05) is 31.2 Å². The molecule has 35 heavy (non-hydrogen) atoms. The highest BCUT2D eigenvalue weighted by atomic mass is 32.2. The summed E-state index contributed by atoms with van der Waals surface area (Å²) in [5.41, 5.74) is 1.19. The number of para-hydroxylation sites is 1. The summed E-state index contributed by atoms with van der Waals surface area (Å²) in [5, 5.41) is 2.80. The molecule has 0 fully saturated rings. The Labute approximate surface area is 206 Å². The van der Waals surface area contributed by atoms with Gasteiger partial charge in [-0.2, -0.15) is 0 Å². The van der Waals surface area contributed by atoms with Crippen LogP contribution in [0.5, 0.6) is 17.2 Å². The van der Waals surface area contributed by atoms with Crippen molar-refractivity contribution in [2.45, 2.75) is 25.3 Å². The highest BCUT2D eigenvalue weighted by molar-refractivity contribution is 7.92. The summed E-state index contributed by atoms with van der Waals surface area (Å²) in [7, 11) is -2.50. The molecule has 0 bridgehead atoms. The maximum atomic E-state index is 13.4. The van der Waals surface area contributed by atoms with Crippen LogP contribution in [0.15, 0.2) is 77.7 Å². The number of amides is 1. The molecule has 0 aliphatic carbocycles. The number of rotatable bonds is 12. The summed E-state index contributed by atoms with van der Waals surface area (Å²) < 4.78 is 44.3. The lowest BCUT2D eigenvalue weighted by atomic mass is 10.2. The number of anilines is 1. The largest absolute Gasteiger partial charge is 0.497 e. The topological polar surface area (TPSA) is 94.2 Å².